The number of amides is 1. The third kappa shape index (κ3) is 7.54. The molecule has 2 heterocycles. The average Bonchev–Trinajstić information content (AvgIpc) is 3.17. The maximum Gasteiger partial charge on any atom is 0.300 e. The number of aliphatic carboxylic acids is 1. The number of rotatable bonds is 8. The first-order valence-electron chi connectivity index (χ1n) is 10.2. The number of aryl methyl sites for hydroxylation is 1. The Bertz CT molecular complexity index is 1080. The van der Waals surface area contributed by atoms with E-state index >= 15 is 0 Å². The lowest BCUT2D eigenvalue weighted by atomic mass is 10.1. The van der Waals surface area contributed by atoms with Gasteiger partial charge in [0.25, 0.3) is 11.9 Å². The molecule has 1 amide bonds. The number of carbonyl (C=O) groups is 2. The minimum absolute atomic E-state index is 0.00979. The number of nitrogens with one attached hydrogen (secondary N) is 2. The van der Waals surface area contributed by atoms with Crippen LogP contribution in [0.25, 0.3) is 11.3 Å². The van der Waals surface area contributed by atoms with Gasteiger partial charge in [-0.1, -0.05) is 24.3 Å². The van der Waals surface area contributed by atoms with Crippen LogP contribution in [0.3, 0.4) is 0 Å². The molecule has 0 bridgehead atoms. The van der Waals surface area contributed by atoms with E-state index in [0.717, 1.165) is 29.4 Å². The average molecular weight is 453 g/mol. The van der Waals surface area contributed by atoms with E-state index in [1.54, 1.807) is 29.2 Å². The quantitative estimate of drug-likeness (QED) is 0.302. The Morgan fingerprint density at radius 1 is 1.27 bits per heavy atom. The molecule has 1 unspecified atom stereocenters. The molecule has 3 rings (SSSR count). The van der Waals surface area contributed by atoms with Gasteiger partial charge in [-0.15, -0.1) is 0 Å². The molecule has 3 aromatic rings. The van der Waals surface area contributed by atoms with Gasteiger partial charge in [-0.2, -0.15) is 5.10 Å². The minimum atomic E-state index is -0.873. The largest absolute Gasteiger partial charge is 0.481 e. The standard InChI is InChI=1S/C21H24N6O2.C2H4O2/c1-3-29-21(20(28)25-12-15-6-8-16(9-7-15)19(22)23)27-14(2)11-18(26-27)17-5-4-10-24-13-17;1-2(3)4/h4-11,13,21H,3,12H2,1-2H3,(H3,22,23)(H,25,28);1H3,(H,3,4). The van der Waals surface area contributed by atoms with Crippen LogP contribution in [0.1, 0.15) is 36.9 Å². The van der Waals surface area contributed by atoms with Gasteiger partial charge in [0.15, 0.2) is 0 Å². The molecule has 5 N–H and O–H groups in total. The highest BCUT2D eigenvalue weighted by Crippen LogP contribution is 2.21. The van der Waals surface area contributed by atoms with Crippen molar-refractivity contribution in [3.63, 3.8) is 0 Å². The molecule has 0 aliphatic carbocycles. The number of nitrogens with zero attached hydrogens (tertiary/aromatic N) is 3. The normalized spacial score (nSPS) is 11.1. The molecule has 0 radical (unpaired) electrons. The maximum atomic E-state index is 12.8. The molecule has 0 saturated heterocycles. The lowest BCUT2D eigenvalue weighted by Crippen LogP contribution is -2.35. The number of pyridine rings is 1. The van der Waals surface area contributed by atoms with E-state index < -0.39 is 12.2 Å². The number of nitrogen functional groups attached to an aromatic ring is 1. The fourth-order valence-corrected chi connectivity index (χ4v) is 2.87. The predicted octanol–water partition coefficient (Wildman–Crippen LogP) is 2.48. The monoisotopic (exact) mass is 452 g/mol. The highest BCUT2D eigenvalue weighted by molar-refractivity contribution is 5.94. The summed E-state index contributed by atoms with van der Waals surface area (Å²) in [5, 5.41) is 22.3. The van der Waals surface area contributed by atoms with E-state index in [-0.39, 0.29) is 11.7 Å². The van der Waals surface area contributed by atoms with Crippen LogP contribution < -0.4 is 11.1 Å². The number of hydrogen-bond donors (Lipinski definition) is 4. The highest BCUT2D eigenvalue weighted by Gasteiger charge is 2.24. The summed E-state index contributed by atoms with van der Waals surface area (Å²) in [5.41, 5.74) is 9.41. The van der Waals surface area contributed by atoms with Crippen LogP contribution in [-0.2, 0) is 20.9 Å². The van der Waals surface area contributed by atoms with Crippen LogP contribution >= 0.6 is 0 Å². The van der Waals surface area contributed by atoms with Crippen molar-refractivity contribution in [3.8, 4) is 11.3 Å². The van der Waals surface area contributed by atoms with E-state index in [9.17, 15) is 4.79 Å². The van der Waals surface area contributed by atoms with Gasteiger partial charge >= 0.3 is 0 Å². The summed E-state index contributed by atoms with van der Waals surface area (Å²) in [7, 11) is 0. The molecule has 0 fully saturated rings. The Hall–Kier alpha value is -4.05. The second-order valence-corrected chi connectivity index (χ2v) is 7.01. The molecule has 0 spiro atoms. The van der Waals surface area contributed by atoms with Gasteiger partial charge in [0.05, 0.1) is 5.69 Å². The Kier molecular flexibility index (Phi) is 9.25. The fraction of sp³-hybridized carbons (Fsp3) is 0.261. The van der Waals surface area contributed by atoms with Crippen molar-refractivity contribution >= 4 is 17.7 Å². The van der Waals surface area contributed by atoms with Crippen molar-refractivity contribution in [2.24, 2.45) is 5.73 Å². The molecule has 0 aliphatic rings. The zero-order chi connectivity index (χ0) is 24.4. The van der Waals surface area contributed by atoms with Gasteiger partial charge in [-0.3, -0.25) is 20.0 Å². The van der Waals surface area contributed by atoms with Gasteiger partial charge in [0.1, 0.15) is 5.84 Å². The molecule has 174 valence electrons. The van der Waals surface area contributed by atoms with Crippen molar-refractivity contribution in [1.82, 2.24) is 20.1 Å². The van der Waals surface area contributed by atoms with Crippen LogP contribution in [0.4, 0.5) is 0 Å². The lowest BCUT2D eigenvalue weighted by molar-refractivity contribution is -0.140. The number of carbonyl (C=O) groups excluding carboxylic acids is 1. The molecule has 1 atom stereocenters. The molecular weight excluding hydrogens is 424 g/mol. The predicted molar refractivity (Wildman–Crippen MR) is 123 cm³/mol. The van der Waals surface area contributed by atoms with Gasteiger partial charge in [0, 0.05) is 49.3 Å². The van der Waals surface area contributed by atoms with Gasteiger partial charge in [0.2, 0.25) is 6.23 Å². The smallest absolute Gasteiger partial charge is 0.300 e. The number of carboxylic acids is 1. The number of aromatic nitrogens is 3. The van der Waals surface area contributed by atoms with E-state index in [1.165, 1.54) is 0 Å². The molecule has 10 heteroatoms. The van der Waals surface area contributed by atoms with Crippen LogP contribution in [0, 0.1) is 12.3 Å². The Balaban J connectivity index is 0.000000890. The third-order valence-corrected chi connectivity index (χ3v) is 4.38. The summed E-state index contributed by atoms with van der Waals surface area (Å²) >= 11 is 0. The Labute approximate surface area is 191 Å². The SMILES string of the molecule is CC(=O)O.CCOC(C(=O)NCc1ccc(C(=N)N)cc1)n1nc(-c2cccnc2)cc1C. The van der Waals surface area contributed by atoms with Crippen molar-refractivity contribution in [3.05, 3.63) is 71.7 Å². The highest BCUT2D eigenvalue weighted by atomic mass is 16.5. The fourth-order valence-electron chi connectivity index (χ4n) is 2.87. The van der Waals surface area contributed by atoms with Gasteiger partial charge in [-0.05, 0) is 37.6 Å². The van der Waals surface area contributed by atoms with Crippen LogP contribution in [-0.4, -0.2) is 44.2 Å². The lowest BCUT2D eigenvalue weighted by Gasteiger charge is -2.18. The van der Waals surface area contributed by atoms with Gasteiger partial charge in [-0.25, -0.2) is 4.68 Å². The van der Waals surface area contributed by atoms with Gasteiger partial charge < -0.3 is 20.9 Å². The first kappa shape index (κ1) is 25.2. The Morgan fingerprint density at radius 3 is 2.48 bits per heavy atom. The Morgan fingerprint density at radius 2 is 1.94 bits per heavy atom. The molecule has 2 aromatic heterocycles. The van der Waals surface area contributed by atoms with Crippen LogP contribution in [0.15, 0.2) is 54.9 Å². The molecule has 10 nitrogen and oxygen atoms in total. The molecule has 0 saturated carbocycles. The molecule has 0 aliphatic heterocycles. The first-order chi connectivity index (χ1) is 15.7. The van der Waals surface area contributed by atoms with Crippen LogP contribution in [0.5, 0.6) is 0 Å². The summed E-state index contributed by atoms with van der Waals surface area (Å²) < 4.78 is 7.27. The summed E-state index contributed by atoms with van der Waals surface area (Å²) in [6.07, 6.45) is 2.56. The number of carboxylic acid groups (broad SMARTS) is 1. The van der Waals surface area contributed by atoms with Crippen LogP contribution in [0.2, 0.25) is 0 Å². The second kappa shape index (κ2) is 12.1. The van der Waals surface area contributed by atoms with E-state index in [2.05, 4.69) is 15.4 Å². The van der Waals surface area contributed by atoms with Crippen molar-refractivity contribution < 1.29 is 19.4 Å². The number of hydrogen-bond acceptors (Lipinski definition) is 6. The molecular formula is C23H28N6O4. The van der Waals surface area contributed by atoms with Crippen molar-refractivity contribution in [1.29, 1.82) is 5.41 Å². The second-order valence-electron chi connectivity index (χ2n) is 7.01. The zero-order valence-electron chi connectivity index (χ0n) is 18.8. The number of benzene rings is 1. The number of amidine groups is 1. The number of nitrogens with two attached hydrogens (primary N) is 1. The molecule has 33 heavy (non-hydrogen) atoms. The molecule has 1 aromatic carbocycles. The van der Waals surface area contributed by atoms with Crippen molar-refractivity contribution in [2.75, 3.05) is 6.61 Å². The third-order valence-electron chi connectivity index (χ3n) is 4.38. The minimum Gasteiger partial charge on any atom is -0.481 e. The van der Waals surface area contributed by atoms with E-state index in [4.69, 9.17) is 25.8 Å². The number of ether oxygens (including phenoxy) is 1. The van der Waals surface area contributed by atoms with E-state index in [1.807, 2.05) is 44.2 Å². The first-order valence-corrected chi connectivity index (χ1v) is 10.2. The maximum absolute atomic E-state index is 12.8. The van der Waals surface area contributed by atoms with Crippen molar-refractivity contribution in [2.45, 2.75) is 33.5 Å². The zero-order valence-corrected chi connectivity index (χ0v) is 18.8. The summed E-state index contributed by atoms with van der Waals surface area (Å²) in [6, 6.07) is 12.8. The summed E-state index contributed by atoms with van der Waals surface area (Å²) in [4.78, 5) is 25.9. The summed E-state index contributed by atoms with van der Waals surface area (Å²) in [6.45, 7) is 5.50. The topological polar surface area (TPSA) is 156 Å². The summed E-state index contributed by atoms with van der Waals surface area (Å²) in [5.74, 6) is -1.11. The van der Waals surface area contributed by atoms with E-state index in [0.29, 0.717) is 18.7 Å².